The number of ether oxygens (including phenoxy) is 2. The summed E-state index contributed by atoms with van der Waals surface area (Å²) in [5.41, 5.74) is 4.71. The summed E-state index contributed by atoms with van der Waals surface area (Å²) >= 11 is 1.33. The van der Waals surface area contributed by atoms with Crippen molar-refractivity contribution in [2.45, 2.75) is 53.7 Å². The topological polar surface area (TPSA) is 74.8 Å². The third kappa shape index (κ3) is 4.62. The summed E-state index contributed by atoms with van der Waals surface area (Å²) in [6.07, 6.45) is 1.62. The van der Waals surface area contributed by atoms with Crippen molar-refractivity contribution >= 4 is 23.4 Å². The Balaban J connectivity index is 1.93. The van der Waals surface area contributed by atoms with Crippen LogP contribution in [0.4, 0.5) is 0 Å². The molecule has 2 aromatic heterocycles. The average Bonchev–Trinajstić information content (AvgIpc) is 3.23. The van der Waals surface area contributed by atoms with Crippen molar-refractivity contribution in [3.8, 4) is 5.75 Å². The number of rotatable bonds is 6. The molecule has 0 fully saturated rings. The Hall–Kier alpha value is -3.39. The number of fused-ring (bicyclic) bond motifs is 1. The number of aryl methyl sites for hydroxylation is 1. The molecular formula is C27H31N3O4S. The second kappa shape index (κ2) is 9.70. The predicted octanol–water partition coefficient (Wildman–Crippen LogP) is 3.54. The molecule has 0 unspecified atom stereocenters. The Morgan fingerprint density at radius 2 is 1.89 bits per heavy atom. The molecule has 4 rings (SSSR count). The minimum Gasteiger partial charge on any atom is -0.494 e. The zero-order chi connectivity index (χ0) is 25.4. The molecule has 0 bridgehead atoms. The molecule has 0 saturated heterocycles. The number of carbonyl (C=O) groups excluding carboxylic acids is 1. The van der Waals surface area contributed by atoms with Crippen molar-refractivity contribution in [3.05, 3.63) is 83.8 Å². The first-order valence-electron chi connectivity index (χ1n) is 11.7. The van der Waals surface area contributed by atoms with E-state index in [-0.39, 0.29) is 11.7 Å². The maximum absolute atomic E-state index is 13.7. The van der Waals surface area contributed by atoms with Crippen LogP contribution < -0.4 is 19.6 Å². The number of allylic oxidation sites excluding steroid dienone is 1. The molecule has 8 heteroatoms. The minimum absolute atomic E-state index is 0.184. The number of esters is 1. The van der Waals surface area contributed by atoms with E-state index in [1.807, 2.05) is 58.2 Å². The smallest absolute Gasteiger partial charge is 0.338 e. The number of carbonyl (C=O) groups is 1. The van der Waals surface area contributed by atoms with Gasteiger partial charge in [-0.3, -0.25) is 9.36 Å². The van der Waals surface area contributed by atoms with E-state index in [0.29, 0.717) is 27.2 Å². The van der Waals surface area contributed by atoms with E-state index in [1.54, 1.807) is 25.3 Å². The van der Waals surface area contributed by atoms with Crippen LogP contribution in [0.3, 0.4) is 0 Å². The molecular weight excluding hydrogens is 462 g/mol. The Morgan fingerprint density at radius 3 is 2.46 bits per heavy atom. The lowest BCUT2D eigenvalue weighted by Gasteiger charge is -2.25. The van der Waals surface area contributed by atoms with Crippen LogP contribution in [0, 0.1) is 13.8 Å². The highest BCUT2D eigenvalue weighted by Gasteiger charge is 2.33. The molecule has 3 aromatic rings. The maximum Gasteiger partial charge on any atom is 0.338 e. The number of nitrogens with zero attached hydrogens (tertiary/aromatic N) is 3. The zero-order valence-corrected chi connectivity index (χ0v) is 22.0. The number of benzene rings is 1. The van der Waals surface area contributed by atoms with Crippen molar-refractivity contribution in [3.63, 3.8) is 0 Å². The summed E-state index contributed by atoms with van der Waals surface area (Å²) in [6, 6.07) is 8.90. The summed E-state index contributed by atoms with van der Waals surface area (Å²) in [6.45, 7) is 11.9. The molecule has 3 heterocycles. The molecule has 0 amide bonds. The van der Waals surface area contributed by atoms with Crippen LogP contribution >= 0.6 is 11.3 Å². The van der Waals surface area contributed by atoms with E-state index in [4.69, 9.17) is 9.47 Å². The van der Waals surface area contributed by atoms with Gasteiger partial charge < -0.3 is 14.0 Å². The summed E-state index contributed by atoms with van der Waals surface area (Å²) in [7, 11) is 2.01. The van der Waals surface area contributed by atoms with Crippen LogP contribution in [0.2, 0.25) is 0 Å². The van der Waals surface area contributed by atoms with Gasteiger partial charge in [0, 0.05) is 18.4 Å². The van der Waals surface area contributed by atoms with Crippen LogP contribution in [-0.4, -0.2) is 27.8 Å². The van der Waals surface area contributed by atoms with Gasteiger partial charge in [-0.05, 0) is 76.9 Å². The van der Waals surface area contributed by atoms with E-state index >= 15 is 0 Å². The van der Waals surface area contributed by atoms with Gasteiger partial charge in [-0.15, -0.1) is 0 Å². The summed E-state index contributed by atoms with van der Waals surface area (Å²) in [5, 5.41) is 0. The zero-order valence-electron chi connectivity index (χ0n) is 21.2. The molecule has 35 heavy (non-hydrogen) atoms. The van der Waals surface area contributed by atoms with Gasteiger partial charge in [0.2, 0.25) is 0 Å². The molecule has 184 valence electrons. The van der Waals surface area contributed by atoms with Crippen molar-refractivity contribution in [1.82, 2.24) is 9.13 Å². The molecule has 0 N–H and O–H groups in total. The predicted molar refractivity (Wildman–Crippen MR) is 137 cm³/mol. The third-order valence-electron chi connectivity index (χ3n) is 6.19. The molecule has 7 nitrogen and oxygen atoms in total. The number of thiazole rings is 1. The van der Waals surface area contributed by atoms with Gasteiger partial charge in [0.05, 0.1) is 34.6 Å². The van der Waals surface area contributed by atoms with Crippen LogP contribution in [0.1, 0.15) is 56.3 Å². The molecule has 1 atom stereocenters. The Morgan fingerprint density at radius 1 is 1.20 bits per heavy atom. The van der Waals surface area contributed by atoms with Gasteiger partial charge in [0.25, 0.3) is 5.56 Å². The second-order valence-corrected chi connectivity index (χ2v) is 9.93. The minimum atomic E-state index is -0.645. The SMILES string of the molecule is CCOc1ccc([C@@H]2C(C(=O)OC(C)C)=C(C)N=c3sc(=Cc4cc(C)n(C)c4C)c(=O)n32)cc1. The van der Waals surface area contributed by atoms with E-state index in [2.05, 4.69) is 15.6 Å². The normalized spacial score (nSPS) is 15.9. The van der Waals surface area contributed by atoms with Gasteiger partial charge in [-0.2, -0.15) is 0 Å². The van der Waals surface area contributed by atoms with Crippen LogP contribution in [-0.2, 0) is 16.6 Å². The van der Waals surface area contributed by atoms with Gasteiger partial charge in [-0.1, -0.05) is 23.5 Å². The fourth-order valence-electron chi connectivity index (χ4n) is 4.26. The average molecular weight is 494 g/mol. The molecule has 1 aromatic carbocycles. The highest BCUT2D eigenvalue weighted by Crippen LogP contribution is 2.32. The second-order valence-electron chi connectivity index (χ2n) is 8.92. The number of aromatic nitrogens is 2. The Labute approximate surface area is 208 Å². The number of hydrogen-bond acceptors (Lipinski definition) is 6. The molecule has 0 radical (unpaired) electrons. The van der Waals surface area contributed by atoms with Crippen molar-refractivity contribution in [1.29, 1.82) is 0 Å². The molecule has 1 aliphatic heterocycles. The molecule has 1 aliphatic rings. The van der Waals surface area contributed by atoms with Gasteiger partial charge in [0.1, 0.15) is 5.75 Å². The van der Waals surface area contributed by atoms with E-state index < -0.39 is 12.0 Å². The lowest BCUT2D eigenvalue weighted by Crippen LogP contribution is -2.40. The van der Waals surface area contributed by atoms with Gasteiger partial charge in [-0.25, -0.2) is 9.79 Å². The van der Waals surface area contributed by atoms with Crippen molar-refractivity contribution < 1.29 is 14.3 Å². The molecule has 0 spiro atoms. The lowest BCUT2D eigenvalue weighted by molar-refractivity contribution is -0.143. The quantitative estimate of drug-likeness (QED) is 0.493. The Bertz CT molecular complexity index is 1490. The molecule has 0 aliphatic carbocycles. The van der Waals surface area contributed by atoms with Crippen LogP contribution in [0.5, 0.6) is 5.75 Å². The van der Waals surface area contributed by atoms with Crippen LogP contribution in [0.25, 0.3) is 6.08 Å². The monoisotopic (exact) mass is 493 g/mol. The summed E-state index contributed by atoms with van der Waals surface area (Å²) in [5.74, 6) is 0.259. The van der Waals surface area contributed by atoms with E-state index in [0.717, 1.165) is 28.3 Å². The van der Waals surface area contributed by atoms with E-state index in [1.165, 1.54) is 11.3 Å². The first kappa shape index (κ1) is 24.7. The highest BCUT2D eigenvalue weighted by molar-refractivity contribution is 7.07. The first-order valence-corrected chi connectivity index (χ1v) is 12.5. The summed E-state index contributed by atoms with van der Waals surface area (Å²) in [4.78, 5) is 32.2. The molecule has 0 saturated carbocycles. The van der Waals surface area contributed by atoms with Gasteiger partial charge >= 0.3 is 5.97 Å². The summed E-state index contributed by atoms with van der Waals surface area (Å²) < 4.78 is 15.4. The van der Waals surface area contributed by atoms with E-state index in [9.17, 15) is 9.59 Å². The first-order chi connectivity index (χ1) is 16.6. The lowest BCUT2D eigenvalue weighted by atomic mass is 9.96. The maximum atomic E-state index is 13.7. The largest absolute Gasteiger partial charge is 0.494 e. The number of hydrogen-bond donors (Lipinski definition) is 0. The fourth-order valence-corrected chi connectivity index (χ4v) is 5.30. The standard InChI is InChI=1S/C27H31N3O4S/c1-8-33-21-11-9-19(10-12-21)24-23(26(32)34-15(2)3)17(5)28-27-30(24)25(31)22(35-27)14-20-13-16(4)29(7)18(20)6/h9-15,24H,8H2,1-7H3/t24-/m1/s1. The third-order valence-corrected chi connectivity index (χ3v) is 7.18. The fraction of sp³-hybridized carbons (Fsp3) is 0.370. The van der Waals surface area contributed by atoms with Gasteiger partial charge in [0.15, 0.2) is 4.80 Å². The van der Waals surface area contributed by atoms with Crippen molar-refractivity contribution in [2.24, 2.45) is 12.0 Å². The van der Waals surface area contributed by atoms with Crippen LogP contribution in [0.15, 0.2) is 51.4 Å². The highest BCUT2D eigenvalue weighted by atomic mass is 32.1. The van der Waals surface area contributed by atoms with Crippen molar-refractivity contribution in [2.75, 3.05) is 6.61 Å². The Kier molecular flexibility index (Phi) is 6.85.